The van der Waals surface area contributed by atoms with Crippen LogP contribution in [0.5, 0.6) is 5.75 Å². The third kappa shape index (κ3) is 5.11. The van der Waals surface area contributed by atoms with Crippen LogP contribution in [0.2, 0.25) is 0 Å². The van der Waals surface area contributed by atoms with Crippen molar-refractivity contribution in [2.45, 2.75) is 58.1 Å². The van der Waals surface area contributed by atoms with Gasteiger partial charge < -0.3 is 19.5 Å². The molecule has 2 rings (SSSR count). The molecule has 0 atom stereocenters. The van der Waals surface area contributed by atoms with Gasteiger partial charge in [-0.15, -0.1) is 0 Å². The molecule has 1 aromatic rings. The standard InChI is InChI=1S/C19H27NO5/c1-13-7-8-14(11-15(13)16(21)23-5)24-12-19(9-6-10-19)20-17(22)25-18(2,3)4/h7-8,11H,6,9-10,12H2,1-5H3,(H,20,22). The Hall–Kier alpha value is -2.24. The Balaban J connectivity index is 2.01. The van der Waals surface area contributed by atoms with Gasteiger partial charge >= 0.3 is 12.1 Å². The topological polar surface area (TPSA) is 73.9 Å². The molecule has 25 heavy (non-hydrogen) atoms. The third-order valence-electron chi connectivity index (χ3n) is 4.21. The minimum absolute atomic E-state index is 0.329. The largest absolute Gasteiger partial charge is 0.491 e. The molecule has 1 N–H and O–H groups in total. The molecule has 6 heteroatoms. The van der Waals surface area contributed by atoms with Crippen LogP contribution < -0.4 is 10.1 Å². The van der Waals surface area contributed by atoms with Crippen LogP contribution in [0.3, 0.4) is 0 Å². The average Bonchev–Trinajstić information content (AvgIpc) is 2.48. The Bertz CT molecular complexity index is 644. The average molecular weight is 349 g/mol. The number of alkyl carbamates (subject to hydrolysis) is 1. The Morgan fingerprint density at radius 1 is 1.24 bits per heavy atom. The van der Waals surface area contributed by atoms with Crippen molar-refractivity contribution in [3.63, 3.8) is 0 Å². The van der Waals surface area contributed by atoms with Gasteiger partial charge in [0.05, 0.1) is 18.2 Å². The summed E-state index contributed by atoms with van der Waals surface area (Å²) in [5.41, 5.74) is 0.341. The van der Waals surface area contributed by atoms with Crippen LogP contribution in [0.4, 0.5) is 4.79 Å². The highest BCUT2D eigenvalue weighted by Gasteiger charge is 2.40. The fourth-order valence-corrected chi connectivity index (χ4v) is 2.67. The van der Waals surface area contributed by atoms with Crippen molar-refractivity contribution < 1.29 is 23.8 Å². The SMILES string of the molecule is COC(=O)c1cc(OCC2(NC(=O)OC(C)(C)C)CCC2)ccc1C. The molecule has 0 saturated heterocycles. The molecule has 0 aliphatic heterocycles. The summed E-state index contributed by atoms with van der Waals surface area (Å²) in [5, 5.41) is 2.94. The van der Waals surface area contributed by atoms with Gasteiger partial charge in [0.1, 0.15) is 18.0 Å². The van der Waals surface area contributed by atoms with Gasteiger partial charge in [0, 0.05) is 0 Å². The maximum absolute atomic E-state index is 12.1. The van der Waals surface area contributed by atoms with Gasteiger partial charge in [-0.3, -0.25) is 0 Å². The molecule has 1 fully saturated rings. The van der Waals surface area contributed by atoms with Gasteiger partial charge in [-0.05, 0) is 64.7 Å². The van der Waals surface area contributed by atoms with E-state index in [-0.39, 0.29) is 0 Å². The lowest BCUT2D eigenvalue weighted by Gasteiger charge is -2.42. The molecule has 1 amide bonds. The molecule has 1 saturated carbocycles. The Morgan fingerprint density at radius 2 is 1.92 bits per heavy atom. The van der Waals surface area contributed by atoms with Crippen molar-refractivity contribution in [3.8, 4) is 5.75 Å². The number of benzene rings is 1. The monoisotopic (exact) mass is 349 g/mol. The summed E-state index contributed by atoms with van der Waals surface area (Å²) in [7, 11) is 1.35. The molecular formula is C19H27NO5. The number of aryl methyl sites for hydroxylation is 1. The normalized spacial score (nSPS) is 15.7. The molecule has 0 radical (unpaired) electrons. The quantitative estimate of drug-likeness (QED) is 0.822. The Morgan fingerprint density at radius 3 is 2.44 bits per heavy atom. The molecule has 1 aliphatic rings. The van der Waals surface area contributed by atoms with E-state index in [4.69, 9.17) is 14.2 Å². The number of carbonyl (C=O) groups is 2. The van der Waals surface area contributed by atoms with Crippen LogP contribution in [-0.2, 0) is 9.47 Å². The summed E-state index contributed by atoms with van der Waals surface area (Å²) >= 11 is 0. The van der Waals surface area contributed by atoms with Crippen LogP contribution in [-0.4, -0.2) is 36.9 Å². The lowest BCUT2D eigenvalue weighted by atomic mass is 9.77. The molecular weight excluding hydrogens is 322 g/mol. The van der Waals surface area contributed by atoms with E-state index in [2.05, 4.69) is 5.32 Å². The second-order valence-electron chi connectivity index (χ2n) is 7.52. The van der Waals surface area contributed by atoms with E-state index in [0.717, 1.165) is 24.8 Å². The van der Waals surface area contributed by atoms with Crippen LogP contribution in [0.1, 0.15) is 56.0 Å². The van der Waals surface area contributed by atoms with Gasteiger partial charge in [-0.1, -0.05) is 6.07 Å². The van der Waals surface area contributed by atoms with Crippen LogP contribution >= 0.6 is 0 Å². The summed E-state index contributed by atoms with van der Waals surface area (Å²) in [6.07, 6.45) is 2.26. The first-order valence-electron chi connectivity index (χ1n) is 8.47. The summed E-state index contributed by atoms with van der Waals surface area (Å²) in [6, 6.07) is 5.29. The van der Waals surface area contributed by atoms with Gasteiger partial charge in [0.15, 0.2) is 0 Å². The second kappa shape index (κ2) is 7.33. The number of hydrogen-bond acceptors (Lipinski definition) is 5. The number of nitrogens with one attached hydrogen (secondary N) is 1. The lowest BCUT2D eigenvalue weighted by Crippen LogP contribution is -2.58. The maximum Gasteiger partial charge on any atom is 0.408 e. The summed E-state index contributed by atoms with van der Waals surface area (Å²) in [4.78, 5) is 23.8. The minimum Gasteiger partial charge on any atom is -0.491 e. The van der Waals surface area contributed by atoms with E-state index in [1.54, 1.807) is 6.07 Å². The van der Waals surface area contributed by atoms with E-state index in [1.807, 2.05) is 39.8 Å². The fourth-order valence-electron chi connectivity index (χ4n) is 2.67. The van der Waals surface area contributed by atoms with Crippen molar-refractivity contribution in [1.82, 2.24) is 5.32 Å². The van der Waals surface area contributed by atoms with Gasteiger partial charge in [-0.25, -0.2) is 9.59 Å². The third-order valence-corrected chi connectivity index (χ3v) is 4.21. The van der Waals surface area contributed by atoms with Crippen molar-refractivity contribution in [2.75, 3.05) is 13.7 Å². The van der Waals surface area contributed by atoms with E-state index in [0.29, 0.717) is 17.9 Å². The molecule has 0 aromatic heterocycles. The smallest absolute Gasteiger partial charge is 0.408 e. The number of methoxy groups -OCH3 is 1. The first-order chi connectivity index (χ1) is 11.6. The second-order valence-corrected chi connectivity index (χ2v) is 7.52. The van der Waals surface area contributed by atoms with Gasteiger partial charge in [-0.2, -0.15) is 0 Å². The van der Waals surface area contributed by atoms with Crippen LogP contribution in [0.15, 0.2) is 18.2 Å². The van der Waals surface area contributed by atoms with Crippen molar-refractivity contribution in [1.29, 1.82) is 0 Å². The minimum atomic E-state index is -0.539. The Labute approximate surface area is 148 Å². The number of ether oxygens (including phenoxy) is 3. The van der Waals surface area contributed by atoms with Gasteiger partial charge in [0.25, 0.3) is 0 Å². The van der Waals surface area contributed by atoms with Crippen molar-refractivity contribution in [3.05, 3.63) is 29.3 Å². The van der Waals surface area contributed by atoms with Crippen molar-refractivity contribution in [2.24, 2.45) is 0 Å². The molecule has 6 nitrogen and oxygen atoms in total. The number of hydrogen-bond donors (Lipinski definition) is 1. The zero-order chi connectivity index (χ0) is 18.7. The number of carbonyl (C=O) groups excluding carboxylic acids is 2. The summed E-state index contributed by atoms with van der Waals surface area (Å²) in [5.74, 6) is 0.177. The van der Waals surface area contributed by atoms with Crippen LogP contribution in [0.25, 0.3) is 0 Å². The van der Waals surface area contributed by atoms with Crippen LogP contribution in [0, 0.1) is 6.92 Å². The molecule has 1 aliphatic carbocycles. The van der Waals surface area contributed by atoms with Gasteiger partial charge in [0.2, 0.25) is 0 Å². The number of rotatable bonds is 5. The summed E-state index contributed by atoms with van der Waals surface area (Å²) < 4.78 is 16.0. The lowest BCUT2D eigenvalue weighted by molar-refractivity contribution is 0.0294. The number of esters is 1. The molecule has 0 unspecified atom stereocenters. The fraction of sp³-hybridized carbons (Fsp3) is 0.579. The Kier molecular flexibility index (Phi) is 5.60. The van der Waals surface area contributed by atoms with Crippen molar-refractivity contribution >= 4 is 12.1 Å². The first kappa shape index (κ1) is 19.1. The highest BCUT2D eigenvalue weighted by atomic mass is 16.6. The first-order valence-corrected chi connectivity index (χ1v) is 8.47. The van der Waals surface area contributed by atoms with E-state index in [9.17, 15) is 9.59 Å². The maximum atomic E-state index is 12.1. The predicted octanol–water partition coefficient (Wildman–Crippen LogP) is 3.61. The molecule has 0 heterocycles. The molecule has 0 spiro atoms. The molecule has 0 bridgehead atoms. The zero-order valence-electron chi connectivity index (χ0n) is 15.6. The highest BCUT2D eigenvalue weighted by Crippen LogP contribution is 2.33. The zero-order valence-corrected chi connectivity index (χ0v) is 15.6. The molecule has 138 valence electrons. The summed E-state index contributed by atoms with van der Waals surface area (Å²) in [6.45, 7) is 7.66. The highest BCUT2D eigenvalue weighted by molar-refractivity contribution is 5.91. The van der Waals surface area contributed by atoms with E-state index < -0.39 is 23.2 Å². The number of amides is 1. The van der Waals surface area contributed by atoms with E-state index in [1.165, 1.54) is 7.11 Å². The van der Waals surface area contributed by atoms with E-state index >= 15 is 0 Å². The molecule has 1 aromatic carbocycles. The predicted molar refractivity (Wildman–Crippen MR) is 94.0 cm³/mol.